The zero-order chi connectivity index (χ0) is 8.43. The van der Waals surface area contributed by atoms with E-state index < -0.39 is 0 Å². The lowest BCUT2D eigenvalue weighted by Gasteiger charge is -2.14. The van der Waals surface area contributed by atoms with Gasteiger partial charge in [0.15, 0.2) is 0 Å². The Labute approximate surface area is 74.0 Å². The summed E-state index contributed by atoms with van der Waals surface area (Å²) in [6.45, 7) is 0. The molecule has 60 valence electrons. The molecule has 0 saturated heterocycles. The number of para-hydroxylation sites is 1. The van der Waals surface area contributed by atoms with Crippen LogP contribution in [0.2, 0.25) is 0 Å². The Morgan fingerprint density at radius 1 is 1.36 bits per heavy atom. The van der Waals surface area contributed by atoms with Crippen LogP contribution in [-0.2, 0) is 0 Å². The van der Waals surface area contributed by atoms with E-state index in [4.69, 9.17) is 0 Å². The van der Waals surface area contributed by atoms with E-state index >= 15 is 0 Å². The average molecular weight is 218 g/mol. The number of nitrogens with zero attached hydrogens (tertiary/aromatic N) is 1. The van der Waals surface area contributed by atoms with Crippen molar-refractivity contribution < 1.29 is 4.39 Å². The van der Waals surface area contributed by atoms with Crippen molar-refractivity contribution in [3.05, 3.63) is 28.5 Å². The SMILES string of the molecule is CN(C)c1c(F)cccc1Br. The van der Waals surface area contributed by atoms with Gasteiger partial charge in [0.05, 0.1) is 5.69 Å². The standard InChI is InChI=1S/C8H9BrFN/c1-11(2)8-6(9)4-3-5-7(8)10/h3-5H,1-2H3. The molecule has 0 N–H and O–H groups in total. The third-order valence-corrected chi connectivity index (χ3v) is 2.02. The van der Waals surface area contributed by atoms with Crippen molar-refractivity contribution in [2.45, 2.75) is 0 Å². The number of halogens is 2. The third-order valence-electron chi connectivity index (χ3n) is 1.38. The Morgan fingerprint density at radius 3 is 2.36 bits per heavy atom. The van der Waals surface area contributed by atoms with Gasteiger partial charge < -0.3 is 4.90 Å². The molecule has 0 fully saturated rings. The van der Waals surface area contributed by atoms with Gasteiger partial charge in [-0.1, -0.05) is 6.07 Å². The van der Waals surface area contributed by atoms with Gasteiger partial charge in [0, 0.05) is 18.6 Å². The normalized spacial score (nSPS) is 9.82. The van der Waals surface area contributed by atoms with Crippen LogP contribution >= 0.6 is 15.9 Å². The first kappa shape index (κ1) is 8.53. The lowest BCUT2D eigenvalue weighted by Crippen LogP contribution is -2.11. The maximum atomic E-state index is 13.0. The Bertz CT molecular complexity index is 240. The minimum atomic E-state index is -0.204. The smallest absolute Gasteiger partial charge is 0.147 e. The first-order chi connectivity index (χ1) is 5.13. The molecular weight excluding hydrogens is 209 g/mol. The molecule has 0 radical (unpaired) electrons. The van der Waals surface area contributed by atoms with E-state index in [9.17, 15) is 4.39 Å². The maximum absolute atomic E-state index is 13.0. The highest BCUT2D eigenvalue weighted by Crippen LogP contribution is 2.26. The molecule has 1 nitrogen and oxygen atoms in total. The van der Waals surface area contributed by atoms with Crippen molar-refractivity contribution in [2.24, 2.45) is 0 Å². The first-order valence-electron chi connectivity index (χ1n) is 3.24. The van der Waals surface area contributed by atoms with Crippen LogP contribution < -0.4 is 4.90 Å². The van der Waals surface area contributed by atoms with Gasteiger partial charge in [-0.05, 0) is 28.1 Å². The van der Waals surface area contributed by atoms with E-state index in [-0.39, 0.29) is 5.82 Å². The molecule has 0 unspecified atom stereocenters. The van der Waals surface area contributed by atoms with Crippen LogP contribution in [0.1, 0.15) is 0 Å². The summed E-state index contributed by atoms with van der Waals surface area (Å²) < 4.78 is 13.8. The molecule has 0 aromatic heterocycles. The summed E-state index contributed by atoms with van der Waals surface area (Å²) in [6.07, 6.45) is 0. The molecule has 0 spiro atoms. The molecule has 0 aliphatic rings. The lowest BCUT2D eigenvalue weighted by molar-refractivity contribution is 0.625. The number of hydrogen-bond acceptors (Lipinski definition) is 1. The minimum absolute atomic E-state index is 0.204. The van der Waals surface area contributed by atoms with Crippen molar-refractivity contribution in [3.63, 3.8) is 0 Å². The third kappa shape index (κ3) is 1.71. The quantitative estimate of drug-likeness (QED) is 0.700. The predicted octanol–water partition coefficient (Wildman–Crippen LogP) is 2.65. The number of rotatable bonds is 1. The number of benzene rings is 1. The van der Waals surface area contributed by atoms with Gasteiger partial charge in [0.2, 0.25) is 0 Å². The van der Waals surface area contributed by atoms with Gasteiger partial charge >= 0.3 is 0 Å². The second-order valence-electron chi connectivity index (χ2n) is 2.46. The highest BCUT2D eigenvalue weighted by atomic mass is 79.9. The Balaban J connectivity index is 3.21. The van der Waals surface area contributed by atoms with Crippen LogP contribution in [0.3, 0.4) is 0 Å². The maximum Gasteiger partial charge on any atom is 0.147 e. The van der Waals surface area contributed by atoms with Crippen molar-refractivity contribution in [3.8, 4) is 0 Å². The summed E-state index contributed by atoms with van der Waals surface area (Å²) in [6, 6.07) is 4.94. The second kappa shape index (κ2) is 3.22. The van der Waals surface area contributed by atoms with Crippen LogP contribution in [0.15, 0.2) is 22.7 Å². The van der Waals surface area contributed by atoms with E-state index in [1.807, 2.05) is 20.2 Å². The topological polar surface area (TPSA) is 3.24 Å². The Hall–Kier alpha value is -0.570. The second-order valence-corrected chi connectivity index (χ2v) is 3.32. The van der Waals surface area contributed by atoms with Crippen LogP contribution in [0.25, 0.3) is 0 Å². The fraction of sp³-hybridized carbons (Fsp3) is 0.250. The highest BCUT2D eigenvalue weighted by Gasteiger charge is 2.06. The van der Waals surface area contributed by atoms with Gasteiger partial charge in [-0.15, -0.1) is 0 Å². The molecule has 1 aromatic rings. The van der Waals surface area contributed by atoms with Crippen LogP contribution in [0, 0.1) is 5.82 Å². The molecule has 11 heavy (non-hydrogen) atoms. The molecule has 0 bridgehead atoms. The van der Waals surface area contributed by atoms with Gasteiger partial charge in [-0.25, -0.2) is 4.39 Å². The fourth-order valence-electron chi connectivity index (χ4n) is 0.916. The number of anilines is 1. The summed E-state index contributed by atoms with van der Waals surface area (Å²) in [5.74, 6) is -0.204. The first-order valence-corrected chi connectivity index (χ1v) is 4.03. The van der Waals surface area contributed by atoms with Gasteiger partial charge in [-0.3, -0.25) is 0 Å². The Morgan fingerprint density at radius 2 is 2.00 bits per heavy atom. The largest absolute Gasteiger partial charge is 0.374 e. The monoisotopic (exact) mass is 217 g/mol. The zero-order valence-corrected chi connectivity index (χ0v) is 8.02. The fourth-order valence-corrected chi connectivity index (χ4v) is 1.61. The van der Waals surface area contributed by atoms with E-state index in [2.05, 4.69) is 15.9 Å². The highest BCUT2D eigenvalue weighted by molar-refractivity contribution is 9.10. The van der Waals surface area contributed by atoms with Gasteiger partial charge in [0.25, 0.3) is 0 Å². The summed E-state index contributed by atoms with van der Waals surface area (Å²) in [5.41, 5.74) is 0.590. The number of hydrogen-bond donors (Lipinski definition) is 0. The van der Waals surface area contributed by atoms with Gasteiger partial charge in [-0.2, -0.15) is 0 Å². The molecule has 0 atom stereocenters. The van der Waals surface area contributed by atoms with E-state index in [0.29, 0.717) is 5.69 Å². The molecule has 1 aromatic carbocycles. The summed E-state index contributed by atoms with van der Waals surface area (Å²) in [7, 11) is 3.62. The summed E-state index contributed by atoms with van der Waals surface area (Å²) in [5, 5.41) is 0. The molecule has 0 saturated carbocycles. The molecule has 0 heterocycles. The molecule has 0 amide bonds. The Kier molecular flexibility index (Phi) is 2.49. The lowest BCUT2D eigenvalue weighted by atomic mass is 10.3. The summed E-state index contributed by atoms with van der Waals surface area (Å²) in [4.78, 5) is 1.74. The zero-order valence-electron chi connectivity index (χ0n) is 6.44. The van der Waals surface area contributed by atoms with E-state index in [1.54, 1.807) is 11.0 Å². The van der Waals surface area contributed by atoms with Crippen molar-refractivity contribution in [1.29, 1.82) is 0 Å². The van der Waals surface area contributed by atoms with Gasteiger partial charge in [0.1, 0.15) is 5.82 Å². The predicted molar refractivity (Wildman–Crippen MR) is 48.4 cm³/mol. The average Bonchev–Trinajstić information content (AvgIpc) is 1.85. The molecule has 1 rings (SSSR count). The van der Waals surface area contributed by atoms with Crippen LogP contribution in [0.4, 0.5) is 10.1 Å². The minimum Gasteiger partial charge on any atom is -0.374 e. The van der Waals surface area contributed by atoms with Crippen molar-refractivity contribution in [2.75, 3.05) is 19.0 Å². The van der Waals surface area contributed by atoms with E-state index in [0.717, 1.165) is 4.47 Å². The molecule has 0 aliphatic heterocycles. The van der Waals surface area contributed by atoms with Crippen LogP contribution in [0.5, 0.6) is 0 Å². The molecule has 3 heteroatoms. The molecular formula is C8H9BrFN. The van der Waals surface area contributed by atoms with E-state index in [1.165, 1.54) is 6.07 Å². The van der Waals surface area contributed by atoms with Crippen molar-refractivity contribution in [1.82, 2.24) is 0 Å². The molecule has 0 aliphatic carbocycles. The van der Waals surface area contributed by atoms with Crippen LogP contribution in [-0.4, -0.2) is 14.1 Å². The van der Waals surface area contributed by atoms with Crippen molar-refractivity contribution >= 4 is 21.6 Å². The summed E-state index contributed by atoms with van der Waals surface area (Å²) >= 11 is 3.27.